The average Bonchev–Trinajstić information content (AvgIpc) is 3.32. The van der Waals surface area contributed by atoms with E-state index < -0.39 is 6.61 Å². The molecule has 4 nitrogen and oxygen atoms in total. The highest BCUT2D eigenvalue weighted by Gasteiger charge is 2.25. The van der Waals surface area contributed by atoms with E-state index in [0.29, 0.717) is 15.0 Å². The number of benzene rings is 2. The second-order valence-electron chi connectivity index (χ2n) is 7.41. The minimum atomic E-state index is -2.87. The monoisotopic (exact) mass is 500 g/mol. The van der Waals surface area contributed by atoms with E-state index in [1.807, 2.05) is 36.4 Å². The topological polar surface area (TPSA) is 43.6 Å². The number of hydrogen-bond acceptors (Lipinski definition) is 6. The first-order valence-corrected chi connectivity index (χ1v) is 12.5. The highest BCUT2D eigenvalue weighted by Crippen LogP contribution is 2.48. The maximum absolute atomic E-state index is 13.5. The van der Waals surface area contributed by atoms with Gasteiger partial charge < -0.3 is 4.74 Å². The second kappa shape index (κ2) is 8.96. The van der Waals surface area contributed by atoms with Crippen molar-refractivity contribution in [3.8, 4) is 5.75 Å². The SMILES string of the molecule is CC1=C(C)SC(=c2sc3n(c2=O)C(c2ccccc2)C=C(c2ccc(OC(F)F)cc2)N=3)S1. The summed E-state index contributed by atoms with van der Waals surface area (Å²) in [5.41, 5.74) is 2.36. The molecule has 0 radical (unpaired) electrons. The van der Waals surface area contributed by atoms with E-state index >= 15 is 0 Å². The molecule has 0 saturated heterocycles. The van der Waals surface area contributed by atoms with Crippen molar-refractivity contribution in [2.24, 2.45) is 4.99 Å². The Balaban J connectivity index is 1.66. The number of thiazole rings is 1. The Labute approximate surface area is 201 Å². The Morgan fingerprint density at radius 2 is 1.67 bits per heavy atom. The van der Waals surface area contributed by atoms with Crippen LogP contribution in [0.3, 0.4) is 0 Å². The fourth-order valence-electron chi connectivity index (χ4n) is 3.59. The Morgan fingerprint density at radius 1 is 1.00 bits per heavy atom. The van der Waals surface area contributed by atoms with E-state index in [0.717, 1.165) is 15.4 Å². The summed E-state index contributed by atoms with van der Waals surface area (Å²) in [7, 11) is 0. The predicted octanol–water partition coefficient (Wildman–Crippen LogP) is 5.57. The normalized spacial score (nSPS) is 17.8. The molecule has 0 bridgehead atoms. The first kappa shape index (κ1) is 22.2. The molecule has 3 aromatic rings. The van der Waals surface area contributed by atoms with Crippen LogP contribution in [0, 0.1) is 0 Å². The largest absolute Gasteiger partial charge is 0.435 e. The predicted molar refractivity (Wildman–Crippen MR) is 132 cm³/mol. The highest BCUT2D eigenvalue weighted by molar-refractivity contribution is 8.35. The number of aromatic nitrogens is 1. The number of hydrogen-bond donors (Lipinski definition) is 0. The maximum atomic E-state index is 13.5. The highest BCUT2D eigenvalue weighted by atomic mass is 32.2. The molecule has 0 amide bonds. The minimum absolute atomic E-state index is 0.0546. The van der Waals surface area contributed by atoms with Crippen molar-refractivity contribution in [2.45, 2.75) is 26.5 Å². The first-order chi connectivity index (χ1) is 15.9. The molecule has 0 aliphatic carbocycles. The molecule has 1 unspecified atom stereocenters. The third kappa shape index (κ3) is 4.32. The minimum Gasteiger partial charge on any atom is -0.435 e. The Morgan fingerprint density at radius 3 is 2.30 bits per heavy atom. The van der Waals surface area contributed by atoms with Gasteiger partial charge in [0.05, 0.1) is 16.0 Å². The van der Waals surface area contributed by atoms with Crippen LogP contribution < -0.4 is 19.6 Å². The van der Waals surface area contributed by atoms with Crippen LogP contribution in [0.4, 0.5) is 8.78 Å². The molecule has 3 heterocycles. The van der Waals surface area contributed by atoms with E-state index in [1.165, 1.54) is 33.3 Å². The Bertz CT molecular complexity index is 1440. The molecular weight excluding hydrogens is 482 g/mol. The van der Waals surface area contributed by atoms with Crippen LogP contribution in [0.2, 0.25) is 0 Å². The smallest absolute Gasteiger partial charge is 0.387 e. The molecule has 2 aromatic carbocycles. The van der Waals surface area contributed by atoms with E-state index in [-0.39, 0.29) is 17.4 Å². The van der Waals surface area contributed by atoms with Crippen molar-refractivity contribution in [1.29, 1.82) is 0 Å². The number of thioether (sulfide) groups is 2. The lowest BCUT2D eigenvalue weighted by Crippen LogP contribution is -2.36. The fourth-order valence-corrected chi connectivity index (χ4v) is 7.36. The number of alkyl halides is 2. The molecule has 9 heteroatoms. The second-order valence-corrected chi connectivity index (χ2v) is 11.1. The molecule has 1 aromatic heterocycles. The van der Waals surface area contributed by atoms with Gasteiger partial charge in [0, 0.05) is 5.56 Å². The van der Waals surface area contributed by atoms with Gasteiger partial charge in [0.2, 0.25) is 0 Å². The quantitative estimate of drug-likeness (QED) is 0.470. The van der Waals surface area contributed by atoms with Crippen molar-refractivity contribution >= 4 is 44.8 Å². The van der Waals surface area contributed by atoms with Crippen molar-refractivity contribution < 1.29 is 13.5 Å². The zero-order chi connectivity index (χ0) is 23.1. The van der Waals surface area contributed by atoms with Gasteiger partial charge in [-0.1, -0.05) is 65.2 Å². The van der Waals surface area contributed by atoms with E-state index in [9.17, 15) is 13.6 Å². The van der Waals surface area contributed by atoms with Gasteiger partial charge in [-0.05, 0) is 59.6 Å². The van der Waals surface area contributed by atoms with Gasteiger partial charge in [-0.25, -0.2) is 4.99 Å². The Hall–Kier alpha value is -2.62. The zero-order valence-corrected chi connectivity index (χ0v) is 20.1. The van der Waals surface area contributed by atoms with Gasteiger partial charge in [-0.15, -0.1) is 0 Å². The summed E-state index contributed by atoms with van der Waals surface area (Å²) >= 11 is 4.64. The summed E-state index contributed by atoms with van der Waals surface area (Å²) in [5.74, 6) is 0.0880. The molecule has 0 spiro atoms. The lowest BCUT2D eigenvalue weighted by Gasteiger charge is -2.19. The first-order valence-electron chi connectivity index (χ1n) is 10.1. The average molecular weight is 501 g/mol. The van der Waals surface area contributed by atoms with Gasteiger partial charge in [0.15, 0.2) is 4.80 Å². The van der Waals surface area contributed by atoms with E-state index in [2.05, 4.69) is 18.6 Å². The van der Waals surface area contributed by atoms with Crippen molar-refractivity contribution in [1.82, 2.24) is 4.57 Å². The van der Waals surface area contributed by atoms with Crippen LogP contribution >= 0.6 is 34.9 Å². The number of allylic oxidation sites excluding steroid dienone is 3. The molecule has 168 valence electrons. The molecule has 2 aliphatic heterocycles. The molecule has 0 fully saturated rings. The molecule has 0 saturated carbocycles. The van der Waals surface area contributed by atoms with Crippen molar-refractivity contribution in [3.05, 3.63) is 101 Å². The zero-order valence-electron chi connectivity index (χ0n) is 17.6. The van der Waals surface area contributed by atoms with Crippen molar-refractivity contribution in [2.75, 3.05) is 0 Å². The number of ether oxygens (including phenoxy) is 1. The summed E-state index contributed by atoms with van der Waals surface area (Å²) in [5, 5.41) is 0. The molecule has 2 aliphatic rings. The van der Waals surface area contributed by atoms with Gasteiger partial charge in [0.25, 0.3) is 5.56 Å². The summed E-state index contributed by atoms with van der Waals surface area (Å²) in [6.07, 6.45) is 1.94. The van der Waals surface area contributed by atoms with E-state index in [4.69, 9.17) is 4.99 Å². The molecule has 1 atom stereocenters. The van der Waals surface area contributed by atoms with Gasteiger partial charge >= 0.3 is 6.61 Å². The number of nitrogens with zero attached hydrogens (tertiary/aromatic N) is 2. The van der Waals surface area contributed by atoms with Crippen LogP contribution in [0.25, 0.3) is 9.93 Å². The van der Waals surface area contributed by atoms with Gasteiger partial charge in [0.1, 0.15) is 10.3 Å². The third-order valence-electron chi connectivity index (χ3n) is 5.31. The van der Waals surface area contributed by atoms with Crippen LogP contribution in [0.5, 0.6) is 5.75 Å². The number of fused-ring (bicyclic) bond motifs is 1. The van der Waals surface area contributed by atoms with Crippen LogP contribution in [0.1, 0.15) is 31.0 Å². The third-order valence-corrected chi connectivity index (χ3v) is 9.26. The van der Waals surface area contributed by atoms with E-state index in [1.54, 1.807) is 40.2 Å². The molecular formula is C24H18F2N2O2S3. The van der Waals surface area contributed by atoms with Crippen LogP contribution in [-0.4, -0.2) is 11.2 Å². The number of halogens is 2. The summed E-state index contributed by atoms with van der Waals surface area (Å²) < 4.78 is 32.9. The summed E-state index contributed by atoms with van der Waals surface area (Å²) in [6, 6.07) is 15.9. The lowest BCUT2D eigenvalue weighted by molar-refractivity contribution is -0.0498. The molecule has 5 rings (SSSR count). The van der Waals surface area contributed by atoms with Gasteiger partial charge in [-0.2, -0.15) is 8.78 Å². The number of rotatable bonds is 4. The standard InChI is InChI=1S/C24H18F2N2O2S3/c1-13-14(2)32-22(31-13)20-21(29)28-19(16-6-4-3-5-7-16)12-18(27-24(28)33-20)15-8-10-17(11-9-15)30-23(25)26/h3-12,19,23H,1-2H3. The van der Waals surface area contributed by atoms with Crippen LogP contribution in [-0.2, 0) is 0 Å². The molecule has 33 heavy (non-hydrogen) atoms. The van der Waals surface area contributed by atoms with Crippen LogP contribution in [0.15, 0.2) is 80.3 Å². The van der Waals surface area contributed by atoms with Crippen molar-refractivity contribution in [3.63, 3.8) is 0 Å². The van der Waals surface area contributed by atoms with Gasteiger partial charge in [-0.3, -0.25) is 9.36 Å². The maximum Gasteiger partial charge on any atom is 0.387 e. The summed E-state index contributed by atoms with van der Waals surface area (Å²) in [4.78, 5) is 21.3. The Kier molecular flexibility index (Phi) is 6.03. The summed E-state index contributed by atoms with van der Waals surface area (Å²) in [6.45, 7) is 1.24. The molecule has 0 N–H and O–H groups in total. The lowest BCUT2D eigenvalue weighted by atomic mass is 10.0. The fraction of sp³-hybridized carbons (Fsp3) is 0.167.